The Kier molecular flexibility index (Phi) is 3.27. The van der Waals surface area contributed by atoms with Gasteiger partial charge in [0.25, 0.3) is 5.91 Å². The summed E-state index contributed by atoms with van der Waals surface area (Å²) >= 11 is 0. The third-order valence-corrected chi connectivity index (χ3v) is 2.19. The highest BCUT2D eigenvalue weighted by molar-refractivity contribution is 5.97. The third-order valence-electron chi connectivity index (χ3n) is 2.19. The molecular formula is C8H13N5O2. The van der Waals surface area contributed by atoms with Gasteiger partial charge in [-0.3, -0.25) is 9.89 Å². The number of aromatic nitrogens is 2. The molecule has 0 fully saturated rings. The number of nitrogens with zero attached hydrogens (tertiary/aromatic N) is 3. The molecule has 1 atom stereocenters. The molecule has 0 bridgehead atoms. The lowest BCUT2D eigenvalue weighted by Gasteiger charge is -2.22. The molecule has 4 N–H and O–H groups in total. The minimum absolute atomic E-state index is 0.0191. The Morgan fingerprint density at radius 3 is 2.93 bits per heavy atom. The van der Waals surface area contributed by atoms with Crippen LogP contribution in [0.2, 0.25) is 0 Å². The van der Waals surface area contributed by atoms with E-state index in [2.05, 4.69) is 15.4 Å². The van der Waals surface area contributed by atoms with Gasteiger partial charge in [0, 0.05) is 13.2 Å². The van der Waals surface area contributed by atoms with E-state index in [0.29, 0.717) is 5.56 Å². The molecule has 0 aliphatic heterocycles. The van der Waals surface area contributed by atoms with Crippen molar-refractivity contribution in [2.45, 2.75) is 13.0 Å². The van der Waals surface area contributed by atoms with E-state index in [1.54, 1.807) is 14.0 Å². The monoisotopic (exact) mass is 211 g/mol. The summed E-state index contributed by atoms with van der Waals surface area (Å²) in [5, 5.41) is 17.5. The van der Waals surface area contributed by atoms with E-state index in [0.717, 1.165) is 0 Å². The summed E-state index contributed by atoms with van der Waals surface area (Å²) in [6.45, 7) is 1.66. The summed E-state index contributed by atoms with van der Waals surface area (Å²) in [6, 6.07) is -0.475. The van der Waals surface area contributed by atoms with Gasteiger partial charge in [-0.15, -0.1) is 0 Å². The van der Waals surface area contributed by atoms with Crippen LogP contribution in [0, 0.1) is 0 Å². The van der Waals surface area contributed by atoms with Gasteiger partial charge >= 0.3 is 0 Å². The van der Waals surface area contributed by atoms with Crippen LogP contribution in [0.3, 0.4) is 0 Å². The smallest absolute Gasteiger partial charge is 0.257 e. The predicted octanol–water partition coefficient (Wildman–Crippen LogP) is -0.383. The number of carbonyl (C=O) groups excluding carboxylic acids is 1. The van der Waals surface area contributed by atoms with Crippen molar-refractivity contribution < 1.29 is 10.0 Å². The fourth-order valence-corrected chi connectivity index (χ4v) is 1.03. The molecule has 1 unspecified atom stereocenters. The lowest BCUT2D eigenvalue weighted by Crippen LogP contribution is -2.43. The molecule has 82 valence electrons. The Balaban J connectivity index is 2.77. The van der Waals surface area contributed by atoms with Gasteiger partial charge in [0.2, 0.25) is 0 Å². The van der Waals surface area contributed by atoms with Crippen LogP contribution in [-0.4, -0.2) is 45.1 Å². The van der Waals surface area contributed by atoms with Crippen molar-refractivity contribution >= 4 is 11.7 Å². The van der Waals surface area contributed by atoms with Gasteiger partial charge in [0.1, 0.15) is 0 Å². The van der Waals surface area contributed by atoms with Gasteiger partial charge in [-0.25, -0.2) is 0 Å². The fraction of sp³-hybridized carbons (Fsp3) is 0.375. The number of oxime groups is 1. The van der Waals surface area contributed by atoms with Crippen LogP contribution in [-0.2, 0) is 0 Å². The third kappa shape index (κ3) is 2.25. The zero-order valence-corrected chi connectivity index (χ0v) is 8.51. The van der Waals surface area contributed by atoms with Crippen LogP contribution < -0.4 is 5.73 Å². The van der Waals surface area contributed by atoms with Crippen molar-refractivity contribution in [1.29, 1.82) is 0 Å². The summed E-state index contributed by atoms with van der Waals surface area (Å²) in [5.74, 6) is -0.266. The molecule has 0 aliphatic rings. The first-order valence-electron chi connectivity index (χ1n) is 4.31. The number of carbonyl (C=O) groups is 1. The molecule has 0 aromatic carbocycles. The maximum atomic E-state index is 11.7. The highest BCUT2D eigenvalue weighted by Gasteiger charge is 2.20. The Hall–Kier alpha value is -2.05. The molecule has 7 heteroatoms. The zero-order valence-electron chi connectivity index (χ0n) is 8.51. The molecule has 0 radical (unpaired) electrons. The first-order chi connectivity index (χ1) is 7.07. The number of amidine groups is 1. The van der Waals surface area contributed by atoms with E-state index >= 15 is 0 Å². The lowest BCUT2D eigenvalue weighted by molar-refractivity contribution is 0.0776. The van der Waals surface area contributed by atoms with Crippen molar-refractivity contribution in [1.82, 2.24) is 15.1 Å². The van der Waals surface area contributed by atoms with Crippen LogP contribution in [0.25, 0.3) is 0 Å². The second-order valence-electron chi connectivity index (χ2n) is 3.10. The van der Waals surface area contributed by atoms with Gasteiger partial charge in [-0.1, -0.05) is 5.16 Å². The fourth-order valence-electron chi connectivity index (χ4n) is 1.03. The molecule has 1 heterocycles. The van der Waals surface area contributed by atoms with E-state index in [1.165, 1.54) is 17.3 Å². The van der Waals surface area contributed by atoms with Gasteiger partial charge in [0.15, 0.2) is 5.84 Å². The second-order valence-corrected chi connectivity index (χ2v) is 3.10. The average molecular weight is 211 g/mol. The summed E-state index contributed by atoms with van der Waals surface area (Å²) < 4.78 is 0. The Labute approximate surface area is 86.6 Å². The first-order valence-corrected chi connectivity index (χ1v) is 4.31. The van der Waals surface area contributed by atoms with E-state index in [9.17, 15) is 4.79 Å². The van der Waals surface area contributed by atoms with Gasteiger partial charge in [-0.05, 0) is 6.92 Å². The molecule has 1 aromatic heterocycles. The molecule has 1 amide bonds. The minimum atomic E-state index is -0.475. The van der Waals surface area contributed by atoms with Crippen LogP contribution in [0.5, 0.6) is 0 Å². The van der Waals surface area contributed by atoms with E-state index in [-0.39, 0.29) is 11.7 Å². The second kappa shape index (κ2) is 4.45. The van der Waals surface area contributed by atoms with Crippen molar-refractivity contribution in [3.05, 3.63) is 18.0 Å². The normalized spacial score (nSPS) is 13.6. The van der Waals surface area contributed by atoms with Crippen LogP contribution >= 0.6 is 0 Å². The van der Waals surface area contributed by atoms with E-state index in [4.69, 9.17) is 10.9 Å². The maximum absolute atomic E-state index is 11.7. The largest absolute Gasteiger partial charge is 0.409 e. The highest BCUT2D eigenvalue weighted by Crippen LogP contribution is 2.04. The Morgan fingerprint density at radius 1 is 1.80 bits per heavy atom. The average Bonchev–Trinajstić information content (AvgIpc) is 2.78. The predicted molar refractivity (Wildman–Crippen MR) is 53.6 cm³/mol. The molecule has 1 rings (SSSR count). The van der Waals surface area contributed by atoms with Gasteiger partial charge in [0.05, 0.1) is 17.8 Å². The Bertz CT molecular complexity index is 359. The van der Waals surface area contributed by atoms with Crippen molar-refractivity contribution in [2.24, 2.45) is 10.9 Å². The van der Waals surface area contributed by atoms with E-state index in [1.807, 2.05) is 0 Å². The highest BCUT2D eigenvalue weighted by atomic mass is 16.4. The number of nitrogens with one attached hydrogen (secondary N) is 1. The minimum Gasteiger partial charge on any atom is -0.409 e. The maximum Gasteiger partial charge on any atom is 0.257 e. The summed E-state index contributed by atoms with van der Waals surface area (Å²) in [6.07, 6.45) is 2.90. The van der Waals surface area contributed by atoms with E-state index < -0.39 is 6.04 Å². The summed E-state index contributed by atoms with van der Waals surface area (Å²) in [7, 11) is 1.57. The summed E-state index contributed by atoms with van der Waals surface area (Å²) in [4.78, 5) is 13.1. The number of likely N-dealkylation sites (N-methyl/N-ethyl adjacent to an activating group) is 1. The molecule has 1 aromatic rings. The summed E-state index contributed by atoms with van der Waals surface area (Å²) in [5.41, 5.74) is 5.82. The van der Waals surface area contributed by atoms with Gasteiger partial charge < -0.3 is 15.8 Å². The quantitative estimate of drug-likeness (QED) is 0.274. The SMILES string of the molecule is CC(C(N)=NO)N(C)C(=O)c1cn[nH]c1. The zero-order chi connectivity index (χ0) is 11.4. The Morgan fingerprint density at radius 2 is 2.47 bits per heavy atom. The van der Waals surface area contributed by atoms with Crippen molar-refractivity contribution in [2.75, 3.05) is 7.05 Å². The number of hydrogen-bond acceptors (Lipinski definition) is 4. The molecular weight excluding hydrogens is 198 g/mol. The van der Waals surface area contributed by atoms with Crippen molar-refractivity contribution in [3.8, 4) is 0 Å². The number of nitrogens with two attached hydrogens (primary N) is 1. The first kappa shape index (κ1) is 11.0. The standard InChI is InChI=1S/C8H13N5O2/c1-5(7(9)12-15)13(2)8(14)6-3-10-11-4-6/h3-5,15H,1-2H3,(H2,9,12)(H,10,11). The molecule has 0 spiro atoms. The van der Waals surface area contributed by atoms with Crippen molar-refractivity contribution in [3.63, 3.8) is 0 Å². The molecule has 7 nitrogen and oxygen atoms in total. The number of aromatic amines is 1. The number of rotatable bonds is 3. The van der Waals surface area contributed by atoms with Crippen LogP contribution in [0.15, 0.2) is 17.5 Å². The van der Waals surface area contributed by atoms with Gasteiger partial charge in [-0.2, -0.15) is 5.10 Å². The number of H-pyrrole nitrogens is 1. The molecule has 0 saturated carbocycles. The van der Waals surface area contributed by atoms with Crippen LogP contribution in [0.4, 0.5) is 0 Å². The molecule has 0 aliphatic carbocycles. The molecule has 15 heavy (non-hydrogen) atoms. The number of hydrogen-bond donors (Lipinski definition) is 3. The molecule has 0 saturated heterocycles. The van der Waals surface area contributed by atoms with Crippen LogP contribution in [0.1, 0.15) is 17.3 Å². The number of amides is 1. The lowest BCUT2D eigenvalue weighted by atomic mass is 10.2. The topological polar surface area (TPSA) is 108 Å².